The Hall–Kier alpha value is -1.75. The predicted octanol–water partition coefficient (Wildman–Crippen LogP) is 3.55. The van der Waals surface area contributed by atoms with Crippen LogP contribution in [0.1, 0.15) is 24.3 Å². The molecule has 1 aromatic carbocycles. The first-order valence-corrected chi connectivity index (χ1v) is 5.48. The molecule has 1 atom stereocenters. The van der Waals surface area contributed by atoms with Gasteiger partial charge in [0.05, 0.1) is 12.3 Å². The van der Waals surface area contributed by atoms with Gasteiger partial charge in [0.15, 0.2) is 11.6 Å². The van der Waals surface area contributed by atoms with Gasteiger partial charge in [-0.05, 0) is 25.1 Å². The third-order valence-electron chi connectivity index (χ3n) is 2.66. The van der Waals surface area contributed by atoms with Crippen LogP contribution in [-0.2, 0) is 6.54 Å². The Bertz CT molecular complexity index is 525. The van der Waals surface area contributed by atoms with Crippen LogP contribution in [0, 0.1) is 17.5 Å². The van der Waals surface area contributed by atoms with E-state index in [4.69, 9.17) is 4.42 Å². The molecule has 0 saturated heterocycles. The number of benzene rings is 1. The van der Waals surface area contributed by atoms with Gasteiger partial charge in [0, 0.05) is 18.2 Å². The van der Waals surface area contributed by atoms with E-state index in [9.17, 15) is 13.2 Å². The number of hydrogen-bond acceptors (Lipinski definition) is 2. The zero-order valence-corrected chi connectivity index (χ0v) is 9.71. The third-order valence-corrected chi connectivity index (χ3v) is 2.66. The fourth-order valence-electron chi connectivity index (χ4n) is 1.60. The first-order valence-electron chi connectivity index (χ1n) is 5.48. The van der Waals surface area contributed by atoms with Crippen molar-refractivity contribution >= 4 is 0 Å². The van der Waals surface area contributed by atoms with Gasteiger partial charge in [-0.25, -0.2) is 13.2 Å². The Balaban J connectivity index is 2.04. The molecule has 2 aromatic rings. The second kappa shape index (κ2) is 5.27. The van der Waals surface area contributed by atoms with E-state index in [2.05, 4.69) is 5.32 Å². The number of halogens is 3. The molecule has 0 aliphatic heterocycles. The Kier molecular flexibility index (Phi) is 3.72. The minimum absolute atomic E-state index is 0.0762. The zero-order valence-electron chi connectivity index (χ0n) is 9.71. The van der Waals surface area contributed by atoms with Crippen LogP contribution in [0.4, 0.5) is 13.2 Å². The summed E-state index contributed by atoms with van der Waals surface area (Å²) in [7, 11) is 0. The van der Waals surface area contributed by atoms with Crippen LogP contribution in [0.3, 0.4) is 0 Å². The van der Waals surface area contributed by atoms with Crippen molar-refractivity contribution < 1.29 is 17.6 Å². The SMILES string of the molecule is CC(NCc1cc(F)c(F)cc1F)c1ccco1. The van der Waals surface area contributed by atoms with Crippen LogP contribution in [0.2, 0.25) is 0 Å². The quantitative estimate of drug-likeness (QED) is 0.845. The summed E-state index contributed by atoms with van der Waals surface area (Å²) in [6.45, 7) is 1.92. The molecule has 0 fully saturated rings. The van der Waals surface area contributed by atoms with Crippen LogP contribution in [0.15, 0.2) is 34.9 Å². The first kappa shape index (κ1) is 12.7. The second-order valence-electron chi connectivity index (χ2n) is 3.98. The van der Waals surface area contributed by atoms with E-state index in [0.717, 1.165) is 6.07 Å². The summed E-state index contributed by atoms with van der Waals surface area (Å²) in [4.78, 5) is 0. The van der Waals surface area contributed by atoms with Crippen molar-refractivity contribution in [2.24, 2.45) is 0 Å². The topological polar surface area (TPSA) is 25.2 Å². The van der Waals surface area contributed by atoms with Gasteiger partial charge in [-0.3, -0.25) is 0 Å². The van der Waals surface area contributed by atoms with Crippen LogP contribution in [0.5, 0.6) is 0 Å². The molecule has 0 amide bonds. The highest BCUT2D eigenvalue weighted by Gasteiger charge is 2.12. The van der Waals surface area contributed by atoms with E-state index >= 15 is 0 Å². The number of hydrogen-bond donors (Lipinski definition) is 1. The molecule has 2 rings (SSSR count). The Morgan fingerprint density at radius 2 is 1.89 bits per heavy atom. The molecule has 0 saturated carbocycles. The Labute approximate surface area is 102 Å². The standard InChI is InChI=1S/C13H12F3NO/c1-8(13-3-2-4-18-13)17-7-9-5-11(15)12(16)6-10(9)14/h2-6,8,17H,7H2,1H3. The first-order chi connectivity index (χ1) is 8.58. The van der Waals surface area contributed by atoms with Crippen molar-refractivity contribution in [3.8, 4) is 0 Å². The van der Waals surface area contributed by atoms with Gasteiger partial charge >= 0.3 is 0 Å². The molecular formula is C13H12F3NO. The van der Waals surface area contributed by atoms with E-state index in [-0.39, 0.29) is 18.2 Å². The van der Waals surface area contributed by atoms with Crippen LogP contribution in [0.25, 0.3) is 0 Å². The molecule has 0 radical (unpaired) electrons. The van der Waals surface area contributed by atoms with Gasteiger partial charge in [-0.1, -0.05) is 0 Å². The summed E-state index contributed by atoms with van der Waals surface area (Å²) >= 11 is 0. The van der Waals surface area contributed by atoms with Gasteiger partial charge in [0.2, 0.25) is 0 Å². The number of rotatable bonds is 4. The molecule has 1 heterocycles. The summed E-state index contributed by atoms with van der Waals surface area (Å²) in [5, 5.41) is 2.97. The highest BCUT2D eigenvalue weighted by atomic mass is 19.2. The van der Waals surface area contributed by atoms with Crippen LogP contribution >= 0.6 is 0 Å². The summed E-state index contributed by atoms with van der Waals surface area (Å²) in [5.74, 6) is -2.32. The van der Waals surface area contributed by atoms with E-state index in [1.807, 2.05) is 6.92 Å². The fraction of sp³-hybridized carbons (Fsp3) is 0.231. The molecule has 1 aromatic heterocycles. The zero-order chi connectivity index (χ0) is 13.1. The number of nitrogens with one attached hydrogen (secondary N) is 1. The average molecular weight is 255 g/mol. The maximum Gasteiger partial charge on any atom is 0.161 e. The van der Waals surface area contributed by atoms with E-state index < -0.39 is 17.5 Å². The van der Waals surface area contributed by atoms with Crippen molar-refractivity contribution in [2.75, 3.05) is 0 Å². The maximum absolute atomic E-state index is 13.4. The summed E-state index contributed by atoms with van der Waals surface area (Å²) in [5.41, 5.74) is 0.0762. The van der Waals surface area contributed by atoms with E-state index in [1.165, 1.54) is 6.26 Å². The minimum atomic E-state index is -1.18. The minimum Gasteiger partial charge on any atom is -0.468 e. The van der Waals surface area contributed by atoms with E-state index in [1.54, 1.807) is 12.1 Å². The predicted molar refractivity (Wildman–Crippen MR) is 60.3 cm³/mol. The average Bonchev–Trinajstić information content (AvgIpc) is 2.85. The monoisotopic (exact) mass is 255 g/mol. The molecule has 0 bridgehead atoms. The highest BCUT2D eigenvalue weighted by molar-refractivity contribution is 5.20. The summed E-state index contributed by atoms with van der Waals surface area (Å²) in [6, 6.07) is 4.77. The van der Waals surface area contributed by atoms with Gasteiger partial charge in [-0.2, -0.15) is 0 Å². The number of furan rings is 1. The molecule has 1 N–H and O–H groups in total. The van der Waals surface area contributed by atoms with Crippen molar-refractivity contribution in [1.29, 1.82) is 0 Å². The lowest BCUT2D eigenvalue weighted by molar-refractivity contribution is 0.424. The molecule has 5 heteroatoms. The molecule has 0 aliphatic carbocycles. The molecule has 2 nitrogen and oxygen atoms in total. The molecule has 18 heavy (non-hydrogen) atoms. The summed E-state index contributed by atoms with van der Waals surface area (Å²) in [6.07, 6.45) is 1.53. The fourth-order valence-corrected chi connectivity index (χ4v) is 1.60. The van der Waals surface area contributed by atoms with Crippen molar-refractivity contribution in [3.05, 3.63) is 59.3 Å². The van der Waals surface area contributed by atoms with Crippen molar-refractivity contribution in [1.82, 2.24) is 5.32 Å². The van der Waals surface area contributed by atoms with Gasteiger partial charge in [-0.15, -0.1) is 0 Å². The van der Waals surface area contributed by atoms with Crippen LogP contribution in [-0.4, -0.2) is 0 Å². The molecule has 0 spiro atoms. The highest BCUT2D eigenvalue weighted by Crippen LogP contribution is 2.16. The Morgan fingerprint density at radius 3 is 2.56 bits per heavy atom. The lowest BCUT2D eigenvalue weighted by atomic mass is 10.1. The maximum atomic E-state index is 13.4. The second-order valence-corrected chi connectivity index (χ2v) is 3.98. The van der Waals surface area contributed by atoms with Gasteiger partial charge in [0.1, 0.15) is 11.6 Å². The van der Waals surface area contributed by atoms with Crippen LogP contribution < -0.4 is 5.32 Å². The normalized spacial score (nSPS) is 12.7. The van der Waals surface area contributed by atoms with Crippen molar-refractivity contribution in [3.63, 3.8) is 0 Å². The smallest absolute Gasteiger partial charge is 0.161 e. The molecular weight excluding hydrogens is 243 g/mol. The van der Waals surface area contributed by atoms with E-state index in [0.29, 0.717) is 11.8 Å². The van der Waals surface area contributed by atoms with Gasteiger partial charge in [0.25, 0.3) is 0 Å². The lowest BCUT2D eigenvalue weighted by Crippen LogP contribution is -2.18. The Morgan fingerprint density at radius 1 is 1.17 bits per heavy atom. The third kappa shape index (κ3) is 2.73. The summed E-state index contributed by atoms with van der Waals surface area (Å²) < 4.78 is 44.2. The molecule has 1 unspecified atom stereocenters. The lowest BCUT2D eigenvalue weighted by Gasteiger charge is -2.12. The largest absolute Gasteiger partial charge is 0.468 e. The van der Waals surface area contributed by atoms with Gasteiger partial charge < -0.3 is 9.73 Å². The molecule has 0 aliphatic rings. The van der Waals surface area contributed by atoms with Crippen molar-refractivity contribution in [2.45, 2.75) is 19.5 Å². The molecule has 96 valence electrons.